The van der Waals surface area contributed by atoms with Crippen LogP contribution in [0.4, 0.5) is 5.82 Å². The van der Waals surface area contributed by atoms with E-state index in [0.29, 0.717) is 23.0 Å². The molecule has 0 aliphatic carbocycles. The molecule has 1 fully saturated rings. The molecule has 2 aliphatic rings. The number of imidazole rings is 1. The van der Waals surface area contributed by atoms with Gasteiger partial charge in [0.05, 0.1) is 52.1 Å². The number of aliphatic hydroxyl groups is 2. The molecular formula is C35H41N7O6. The number of aromatic amines is 1. The molecule has 13 nitrogen and oxygen atoms in total. The van der Waals surface area contributed by atoms with Crippen molar-refractivity contribution in [1.29, 1.82) is 0 Å². The summed E-state index contributed by atoms with van der Waals surface area (Å²) >= 11 is 0. The van der Waals surface area contributed by atoms with Crippen LogP contribution in [0, 0.1) is 5.92 Å². The fraction of sp³-hybridized carbons (Fsp3) is 0.343. The fourth-order valence-electron chi connectivity index (χ4n) is 6.73. The summed E-state index contributed by atoms with van der Waals surface area (Å²) in [4.78, 5) is 23.8. The average molecular weight is 656 g/mol. The molecule has 1 saturated heterocycles. The number of hydrogen-bond acceptors (Lipinski definition) is 11. The van der Waals surface area contributed by atoms with E-state index in [-0.39, 0.29) is 12.4 Å². The van der Waals surface area contributed by atoms with Crippen LogP contribution in [0.15, 0.2) is 95.2 Å². The summed E-state index contributed by atoms with van der Waals surface area (Å²) in [7, 11) is 8.31. The zero-order valence-electron chi connectivity index (χ0n) is 27.5. The van der Waals surface area contributed by atoms with E-state index in [4.69, 9.17) is 24.0 Å². The number of hydrogen-bond donors (Lipinski definition) is 5. The largest absolute Gasteiger partial charge is 0.497 e. The van der Waals surface area contributed by atoms with Gasteiger partial charge in [-0.25, -0.2) is 20.4 Å². The predicted molar refractivity (Wildman–Crippen MR) is 181 cm³/mol. The SMILES string of the molecule is CONC1=NC(N=CN(C)C)(C(O)[C@H]2OC[C@@H](C(c3ccccc3)(c3ccc(OC)cc3)c3ccc(OC)cc3)[C@@H]2O)Nc2nc[nH]c21. The highest BCUT2D eigenvalue weighted by molar-refractivity contribution is 6.02. The number of anilines is 1. The molecule has 5 N–H and O–H groups in total. The fourth-order valence-corrected chi connectivity index (χ4v) is 6.73. The molecule has 3 heterocycles. The molecular weight excluding hydrogens is 614 g/mol. The Kier molecular flexibility index (Phi) is 9.38. The number of aliphatic imine (C=N–C) groups is 2. The smallest absolute Gasteiger partial charge is 0.259 e. The molecule has 2 unspecified atom stereocenters. The van der Waals surface area contributed by atoms with E-state index >= 15 is 0 Å². The second kappa shape index (κ2) is 13.6. The molecule has 1 aromatic heterocycles. The summed E-state index contributed by atoms with van der Waals surface area (Å²) in [5, 5.41) is 27.9. The number of nitrogens with one attached hydrogen (secondary N) is 3. The Hall–Kier alpha value is -4.95. The van der Waals surface area contributed by atoms with E-state index in [0.717, 1.165) is 16.7 Å². The second-order valence-corrected chi connectivity index (χ2v) is 11.9. The Morgan fingerprint density at radius 1 is 0.979 bits per heavy atom. The highest BCUT2D eigenvalue weighted by atomic mass is 16.6. The van der Waals surface area contributed by atoms with Crippen LogP contribution >= 0.6 is 0 Å². The topological polar surface area (TPSA) is 158 Å². The number of H-pyrrole nitrogens is 1. The lowest BCUT2D eigenvalue weighted by molar-refractivity contribution is -0.0720. The van der Waals surface area contributed by atoms with Gasteiger partial charge in [0.15, 0.2) is 11.7 Å². The summed E-state index contributed by atoms with van der Waals surface area (Å²) in [6, 6.07) is 25.6. The third kappa shape index (κ3) is 5.75. The van der Waals surface area contributed by atoms with E-state index in [1.165, 1.54) is 19.8 Å². The number of benzene rings is 3. The van der Waals surface area contributed by atoms with Crippen LogP contribution in [0.2, 0.25) is 0 Å². The van der Waals surface area contributed by atoms with Crippen molar-refractivity contribution in [2.24, 2.45) is 15.9 Å². The lowest BCUT2D eigenvalue weighted by atomic mass is 9.60. The van der Waals surface area contributed by atoms with E-state index in [2.05, 4.69) is 25.8 Å². The molecule has 0 spiro atoms. The highest BCUT2D eigenvalue weighted by Gasteiger charge is 2.58. The Labute approximate surface area is 279 Å². The van der Waals surface area contributed by atoms with Gasteiger partial charge in [-0.05, 0) is 41.0 Å². The molecule has 48 heavy (non-hydrogen) atoms. The maximum Gasteiger partial charge on any atom is 0.259 e. The molecule has 0 saturated carbocycles. The zero-order chi connectivity index (χ0) is 33.9. The highest BCUT2D eigenvalue weighted by Crippen LogP contribution is 2.51. The molecule has 0 radical (unpaired) electrons. The van der Waals surface area contributed by atoms with Crippen LogP contribution in [0.3, 0.4) is 0 Å². The number of aliphatic hydroxyl groups excluding tert-OH is 2. The predicted octanol–water partition coefficient (Wildman–Crippen LogP) is 2.77. The first kappa shape index (κ1) is 33.0. The number of nitrogens with zero attached hydrogens (tertiary/aromatic N) is 4. The first-order chi connectivity index (χ1) is 23.3. The first-order valence-electron chi connectivity index (χ1n) is 15.5. The molecule has 4 aromatic rings. The Morgan fingerprint density at radius 3 is 2.15 bits per heavy atom. The molecule has 13 heteroatoms. The van der Waals surface area contributed by atoms with Crippen LogP contribution in [0.25, 0.3) is 0 Å². The number of ether oxygens (including phenoxy) is 3. The van der Waals surface area contributed by atoms with Crippen molar-refractivity contribution in [2.75, 3.05) is 47.3 Å². The van der Waals surface area contributed by atoms with Crippen LogP contribution in [-0.2, 0) is 15.0 Å². The first-order valence-corrected chi connectivity index (χ1v) is 15.5. The second-order valence-electron chi connectivity index (χ2n) is 11.9. The maximum absolute atomic E-state index is 12.5. The minimum atomic E-state index is -1.75. The summed E-state index contributed by atoms with van der Waals surface area (Å²) in [6.07, 6.45) is -0.796. The van der Waals surface area contributed by atoms with Gasteiger partial charge >= 0.3 is 0 Å². The van der Waals surface area contributed by atoms with Gasteiger partial charge in [0, 0.05) is 20.0 Å². The van der Waals surface area contributed by atoms with Crippen molar-refractivity contribution in [3.63, 3.8) is 0 Å². The normalized spacial score (nSPS) is 22.8. The summed E-state index contributed by atoms with van der Waals surface area (Å²) < 4.78 is 17.4. The monoisotopic (exact) mass is 655 g/mol. The number of amidine groups is 1. The van der Waals surface area contributed by atoms with Crippen molar-refractivity contribution in [2.45, 2.75) is 29.5 Å². The van der Waals surface area contributed by atoms with Crippen LogP contribution in [0.1, 0.15) is 22.4 Å². The molecule has 5 atom stereocenters. The van der Waals surface area contributed by atoms with Gasteiger partial charge in [0.25, 0.3) is 5.79 Å². The minimum Gasteiger partial charge on any atom is -0.497 e. The number of aromatic nitrogens is 2. The summed E-state index contributed by atoms with van der Waals surface area (Å²) in [5.74, 6) is -0.277. The number of rotatable bonds is 11. The Balaban J connectivity index is 1.49. The van der Waals surface area contributed by atoms with Crippen LogP contribution in [0.5, 0.6) is 11.5 Å². The zero-order valence-corrected chi connectivity index (χ0v) is 27.5. The molecule has 252 valence electrons. The molecule has 2 aliphatic heterocycles. The number of hydroxylamine groups is 1. The van der Waals surface area contributed by atoms with Crippen molar-refractivity contribution in [1.82, 2.24) is 20.3 Å². The summed E-state index contributed by atoms with van der Waals surface area (Å²) in [5.41, 5.74) is 5.09. The molecule has 6 rings (SSSR count). The Bertz CT molecular complexity index is 1680. The van der Waals surface area contributed by atoms with Gasteiger partial charge < -0.3 is 39.6 Å². The lowest BCUT2D eigenvalue weighted by Gasteiger charge is -2.43. The third-order valence-electron chi connectivity index (χ3n) is 8.96. The van der Waals surface area contributed by atoms with Crippen molar-refractivity contribution in [3.8, 4) is 11.5 Å². The van der Waals surface area contributed by atoms with E-state index in [1.807, 2.05) is 78.9 Å². The minimum absolute atomic E-state index is 0.101. The quantitative estimate of drug-likeness (QED) is 0.0705. The van der Waals surface area contributed by atoms with Crippen molar-refractivity contribution in [3.05, 3.63) is 108 Å². The van der Waals surface area contributed by atoms with Crippen molar-refractivity contribution >= 4 is 18.0 Å². The van der Waals surface area contributed by atoms with Gasteiger partial charge in [-0.3, -0.25) is 4.84 Å². The maximum atomic E-state index is 12.5. The van der Waals surface area contributed by atoms with Crippen LogP contribution < -0.4 is 20.3 Å². The van der Waals surface area contributed by atoms with Crippen LogP contribution in [-0.4, -0.2) is 103 Å². The van der Waals surface area contributed by atoms with Crippen molar-refractivity contribution < 1.29 is 29.3 Å². The standard InChI is InChI=1S/C35H41N7O6/c1-42(2)21-38-35(39-32-28(36-20-37-32)33(40-35)41-47-5)31(44)30-29(43)27(19-48-30)34(22-9-7-6-8-10-22,23-11-15-25(45-3)16-12-23)24-13-17-26(46-4)18-14-24/h6-18,20-21,27,29-31,39,43-44H,19H2,1-5H3,(H,36,37)(H,40,41)/t27-,29+,30+,31?,35?/m1/s1. The van der Waals surface area contributed by atoms with Gasteiger partial charge in [-0.15, -0.1) is 0 Å². The van der Waals surface area contributed by atoms with E-state index in [9.17, 15) is 10.2 Å². The van der Waals surface area contributed by atoms with E-state index < -0.39 is 35.4 Å². The number of fused-ring (bicyclic) bond motifs is 1. The van der Waals surface area contributed by atoms with Gasteiger partial charge in [0.2, 0.25) is 0 Å². The number of methoxy groups -OCH3 is 2. The van der Waals surface area contributed by atoms with E-state index in [1.54, 1.807) is 33.2 Å². The molecule has 3 aromatic carbocycles. The van der Waals surface area contributed by atoms with Gasteiger partial charge in [-0.1, -0.05) is 54.6 Å². The van der Waals surface area contributed by atoms with Gasteiger partial charge in [-0.2, -0.15) is 0 Å². The third-order valence-corrected chi connectivity index (χ3v) is 8.96. The lowest BCUT2D eigenvalue weighted by Crippen LogP contribution is -2.58. The Morgan fingerprint density at radius 2 is 1.58 bits per heavy atom. The van der Waals surface area contributed by atoms with Gasteiger partial charge in [0.1, 0.15) is 29.4 Å². The molecule has 0 bridgehead atoms. The summed E-state index contributed by atoms with van der Waals surface area (Å²) in [6.45, 7) is 0.101. The molecule has 0 amide bonds. The average Bonchev–Trinajstić information content (AvgIpc) is 3.75.